The van der Waals surface area contributed by atoms with Gasteiger partial charge in [0.1, 0.15) is 11.9 Å². The Morgan fingerprint density at radius 2 is 2.05 bits per heavy atom. The van der Waals surface area contributed by atoms with Crippen molar-refractivity contribution in [3.63, 3.8) is 0 Å². The van der Waals surface area contributed by atoms with Crippen LogP contribution in [0, 0.1) is 0 Å². The number of ether oxygens (including phenoxy) is 2. The smallest absolute Gasteiger partial charge is 0.181 e. The third kappa shape index (κ3) is 3.49. The van der Waals surface area contributed by atoms with Crippen molar-refractivity contribution >= 4 is 0 Å². The Bertz CT molecular complexity index is 571. The fraction of sp³-hybridized carbons (Fsp3) is 0.500. The van der Waals surface area contributed by atoms with Crippen LogP contribution in [0.25, 0.3) is 0 Å². The molecule has 2 heterocycles. The Labute approximate surface area is 124 Å². The molecule has 2 aromatic rings. The fourth-order valence-corrected chi connectivity index (χ4v) is 2.38. The monoisotopic (exact) mass is 287 g/mol. The van der Waals surface area contributed by atoms with Crippen LogP contribution in [-0.2, 0) is 15.9 Å². The summed E-state index contributed by atoms with van der Waals surface area (Å²) in [5, 5.41) is 7.23. The summed E-state index contributed by atoms with van der Waals surface area (Å²) in [6.07, 6.45) is 0.603. The van der Waals surface area contributed by atoms with E-state index in [9.17, 15) is 0 Å². The first-order valence-corrected chi connectivity index (χ1v) is 7.41. The summed E-state index contributed by atoms with van der Waals surface area (Å²) in [5.74, 6) is 2.10. The molecule has 0 amide bonds. The summed E-state index contributed by atoms with van der Waals surface area (Å²) in [5.41, 5.74) is 2.58. The molecule has 5 nitrogen and oxygen atoms in total. The van der Waals surface area contributed by atoms with Gasteiger partial charge in [-0.05, 0) is 17.0 Å². The van der Waals surface area contributed by atoms with Crippen LogP contribution >= 0.6 is 0 Å². The van der Waals surface area contributed by atoms with E-state index in [0.29, 0.717) is 31.6 Å². The summed E-state index contributed by atoms with van der Waals surface area (Å²) < 4.78 is 11.0. The van der Waals surface area contributed by atoms with Gasteiger partial charge in [0.2, 0.25) is 0 Å². The second-order valence-electron chi connectivity index (χ2n) is 5.65. The SMILES string of the molecule is CC(C)c1ccc(Cc2nc(C3COCCO3)n[nH]2)cc1. The van der Waals surface area contributed by atoms with Gasteiger partial charge in [-0.2, -0.15) is 5.10 Å². The van der Waals surface area contributed by atoms with Gasteiger partial charge in [0, 0.05) is 6.42 Å². The highest BCUT2D eigenvalue weighted by atomic mass is 16.6. The molecule has 0 saturated carbocycles. The zero-order valence-electron chi connectivity index (χ0n) is 12.5. The standard InChI is InChI=1S/C16H21N3O2/c1-11(2)13-5-3-12(4-6-13)9-15-17-16(19-18-15)14-10-20-7-8-21-14/h3-6,11,14H,7-10H2,1-2H3,(H,17,18,19). The Hall–Kier alpha value is -1.72. The van der Waals surface area contributed by atoms with Crippen molar-refractivity contribution in [3.05, 3.63) is 47.0 Å². The predicted octanol–water partition coefficient (Wildman–Crippen LogP) is 2.61. The van der Waals surface area contributed by atoms with E-state index < -0.39 is 0 Å². The number of hydrogen-bond acceptors (Lipinski definition) is 4. The zero-order chi connectivity index (χ0) is 14.7. The van der Waals surface area contributed by atoms with Gasteiger partial charge in [-0.15, -0.1) is 0 Å². The number of benzene rings is 1. The largest absolute Gasteiger partial charge is 0.376 e. The van der Waals surface area contributed by atoms with Gasteiger partial charge in [-0.1, -0.05) is 38.1 Å². The predicted molar refractivity (Wildman–Crippen MR) is 79.2 cm³/mol. The highest BCUT2D eigenvalue weighted by Gasteiger charge is 2.21. The first-order valence-electron chi connectivity index (χ1n) is 7.41. The number of H-pyrrole nitrogens is 1. The van der Waals surface area contributed by atoms with Crippen LogP contribution in [0.15, 0.2) is 24.3 Å². The van der Waals surface area contributed by atoms with Crippen LogP contribution in [0.4, 0.5) is 0 Å². The number of nitrogens with one attached hydrogen (secondary N) is 1. The molecule has 3 rings (SSSR count). The van der Waals surface area contributed by atoms with Crippen molar-refractivity contribution in [2.75, 3.05) is 19.8 Å². The Balaban J connectivity index is 1.66. The lowest BCUT2D eigenvalue weighted by Crippen LogP contribution is -2.22. The molecule has 5 heteroatoms. The van der Waals surface area contributed by atoms with Crippen molar-refractivity contribution < 1.29 is 9.47 Å². The Morgan fingerprint density at radius 1 is 1.24 bits per heavy atom. The Morgan fingerprint density at radius 3 is 2.71 bits per heavy atom. The molecule has 112 valence electrons. The molecule has 1 fully saturated rings. The van der Waals surface area contributed by atoms with Crippen LogP contribution in [0.3, 0.4) is 0 Å². The van der Waals surface area contributed by atoms with Crippen molar-refractivity contribution in [3.8, 4) is 0 Å². The first-order chi connectivity index (χ1) is 10.2. The summed E-state index contributed by atoms with van der Waals surface area (Å²) in [6.45, 7) is 6.18. The lowest BCUT2D eigenvalue weighted by atomic mass is 10.0. The van der Waals surface area contributed by atoms with Crippen molar-refractivity contribution in [2.45, 2.75) is 32.3 Å². The van der Waals surface area contributed by atoms with Gasteiger partial charge in [0.05, 0.1) is 19.8 Å². The van der Waals surface area contributed by atoms with Crippen LogP contribution in [0.5, 0.6) is 0 Å². The quantitative estimate of drug-likeness (QED) is 0.939. The van der Waals surface area contributed by atoms with Crippen LogP contribution < -0.4 is 0 Å². The minimum Gasteiger partial charge on any atom is -0.376 e. The molecule has 1 aromatic heterocycles. The summed E-state index contributed by atoms with van der Waals surface area (Å²) in [7, 11) is 0. The van der Waals surface area contributed by atoms with Gasteiger partial charge in [-0.3, -0.25) is 5.10 Å². The number of nitrogens with zero attached hydrogens (tertiary/aromatic N) is 2. The lowest BCUT2D eigenvalue weighted by molar-refractivity contribution is -0.0934. The molecule has 1 aliphatic heterocycles. The maximum Gasteiger partial charge on any atom is 0.181 e. The van der Waals surface area contributed by atoms with Gasteiger partial charge in [0.15, 0.2) is 5.82 Å². The first kappa shape index (κ1) is 14.2. The topological polar surface area (TPSA) is 60.0 Å². The van der Waals surface area contributed by atoms with E-state index in [1.165, 1.54) is 11.1 Å². The average Bonchev–Trinajstić information content (AvgIpc) is 2.97. The molecular weight excluding hydrogens is 266 g/mol. The van der Waals surface area contributed by atoms with Crippen LogP contribution in [-0.4, -0.2) is 35.0 Å². The molecule has 1 atom stereocenters. The maximum atomic E-state index is 5.60. The van der Waals surface area contributed by atoms with Crippen molar-refractivity contribution in [2.24, 2.45) is 0 Å². The minimum atomic E-state index is -0.146. The van der Waals surface area contributed by atoms with E-state index in [-0.39, 0.29) is 6.10 Å². The minimum absolute atomic E-state index is 0.146. The van der Waals surface area contributed by atoms with Crippen molar-refractivity contribution in [1.29, 1.82) is 0 Å². The third-order valence-corrected chi connectivity index (χ3v) is 3.67. The summed E-state index contributed by atoms with van der Waals surface area (Å²) in [6, 6.07) is 8.65. The lowest BCUT2D eigenvalue weighted by Gasteiger charge is -2.19. The van der Waals surface area contributed by atoms with E-state index in [2.05, 4.69) is 53.3 Å². The van der Waals surface area contributed by atoms with Crippen molar-refractivity contribution in [1.82, 2.24) is 15.2 Å². The molecule has 0 spiro atoms. The highest BCUT2D eigenvalue weighted by molar-refractivity contribution is 5.26. The number of hydrogen-bond donors (Lipinski definition) is 1. The summed E-state index contributed by atoms with van der Waals surface area (Å²) in [4.78, 5) is 4.52. The molecule has 0 aliphatic carbocycles. The molecule has 1 aromatic carbocycles. The average molecular weight is 287 g/mol. The van der Waals surface area contributed by atoms with Crippen LogP contribution in [0.1, 0.15) is 48.6 Å². The van der Waals surface area contributed by atoms with Gasteiger partial charge in [-0.25, -0.2) is 4.98 Å². The van der Waals surface area contributed by atoms with E-state index in [4.69, 9.17) is 9.47 Å². The third-order valence-electron chi connectivity index (χ3n) is 3.67. The molecular formula is C16H21N3O2. The van der Waals surface area contributed by atoms with E-state index in [0.717, 1.165) is 12.2 Å². The normalized spacial score (nSPS) is 19.1. The van der Waals surface area contributed by atoms with E-state index >= 15 is 0 Å². The maximum absolute atomic E-state index is 5.60. The molecule has 1 unspecified atom stereocenters. The second kappa shape index (κ2) is 6.37. The molecule has 1 aliphatic rings. The Kier molecular flexibility index (Phi) is 4.31. The van der Waals surface area contributed by atoms with Gasteiger partial charge >= 0.3 is 0 Å². The fourth-order valence-electron chi connectivity index (χ4n) is 2.38. The van der Waals surface area contributed by atoms with Crippen LogP contribution in [0.2, 0.25) is 0 Å². The highest BCUT2D eigenvalue weighted by Crippen LogP contribution is 2.18. The van der Waals surface area contributed by atoms with Gasteiger partial charge < -0.3 is 9.47 Å². The number of rotatable bonds is 4. The molecule has 1 saturated heterocycles. The molecule has 0 bridgehead atoms. The number of aromatic amines is 1. The molecule has 21 heavy (non-hydrogen) atoms. The van der Waals surface area contributed by atoms with E-state index in [1.54, 1.807) is 0 Å². The zero-order valence-corrected chi connectivity index (χ0v) is 12.5. The molecule has 1 N–H and O–H groups in total. The second-order valence-corrected chi connectivity index (χ2v) is 5.65. The molecule has 0 radical (unpaired) electrons. The number of aromatic nitrogens is 3. The van der Waals surface area contributed by atoms with Gasteiger partial charge in [0.25, 0.3) is 0 Å². The summed E-state index contributed by atoms with van der Waals surface area (Å²) >= 11 is 0. The van der Waals surface area contributed by atoms with E-state index in [1.807, 2.05) is 0 Å².